The molecule has 23 heavy (non-hydrogen) atoms. The number of Topliss-reactive ketones (excluding diaryl/α,β-unsaturated/α-hetero) is 1. The number of ether oxygens (including phenoxy) is 1. The van der Waals surface area contributed by atoms with Gasteiger partial charge in [-0.3, -0.25) is 9.69 Å². The molecular weight excluding hydrogens is 296 g/mol. The first kappa shape index (κ1) is 17.7. The molecule has 0 spiro atoms. The molecule has 2 heterocycles. The second-order valence-electron chi connectivity index (χ2n) is 6.15. The lowest BCUT2D eigenvalue weighted by Crippen LogP contribution is -2.45. The summed E-state index contributed by atoms with van der Waals surface area (Å²) in [5, 5.41) is 9.59. The zero-order valence-electron chi connectivity index (χ0n) is 14.3. The number of hydrogen-bond acceptors (Lipinski definition) is 5. The summed E-state index contributed by atoms with van der Waals surface area (Å²) in [6, 6.07) is -0.283. The zero-order chi connectivity index (χ0) is 17.1. The first-order valence-corrected chi connectivity index (χ1v) is 8.19. The maximum atomic E-state index is 12.8. The number of aryl methyl sites for hydroxylation is 1. The van der Waals surface area contributed by atoms with E-state index in [4.69, 9.17) is 4.74 Å². The molecule has 1 aliphatic heterocycles. The Morgan fingerprint density at radius 1 is 1.35 bits per heavy atom. The predicted octanol–water partition coefficient (Wildman–Crippen LogP) is 1.84. The Balaban J connectivity index is 2.19. The molecule has 1 aromatic rings. The Kier molecular flexibility index (Phi) is 5.59. The molecule has 1 aromatic heterocycles. The summed E-state index contributed by atoms with van der Waals surface area (Å²) >= 11 is 0. The van der Waals surface area contributed by atoms with E-state index in [1.54, 1.807) is 20.8 Å². The number of esters is 1. The van der Waals surface area contributed by atoms with Crippen molar-refractivity contribution < 1.29 is 19.4 Å². The molecule has 0 amide bonds. The standard InChI is InChI=1S/C17H26N2O4/c1-5-23-17(22)14-10(2)15(18-11(14)3)16(21)12(4)19-8-6-13(20)7-9-19/h12-13,18,20H,5-9H2,1-4H3/t12-/m0/s1. The third kappa shape index (κ3) is 3.64. The fourth-order valence-corrected chi connectivity index (χ4v) is 3.15. The van der Waals surface area contributed by atoms with Gasteiger partial charge in [0.05, 0.1) is 30.0 Å². The molecule has 0 saturated carbocycles. The van der Waals surface area contributed by atoms with Crippen LogP contribution in [0.2, 0.25) is 0 Å². The highest BCUT2D eigenvalue weighted by molar-refractivity contribution is 6.03. The zero-order valence-corrected chi connectivity index (χ0v) is 14.3. The average molecular weight is 322 g/mol. The Morgan fingerprint density at radius 3 is 2.52 bits per heavy atom. The van der Waals surface area contributed by atoms with Gasteiger partial charge < -0.3 is 14.8 Å². The van der Waals surface area contributed by atoms with Crippen molar-refractivity contribution in [1.82, 2.24) is 9.88 Å². The molecule has 0 bridgehead atoms. The second-order valence-corrected chi connectivity index (χ2v) is 6.15. The molecule has 0 unspecified atom stereocenters. The number of ketones is 1. The van der Waals surface area contributed by atoms with Crippen LogP contribution in [-0.4, -0.2) is 58.6 Å². The van der Waals surface area contributed by atoms with Crippen LogP contribution in [0, 0.1) is 13.8 Å². The maximum Gasteiger partial charge on any atom is 0.340 e. The summed E-state index contributed by atoms with van der Waals surface area (Å²) in [4.78, 5) is 30.0. The van der Waals surface area contributed by atoms with Gasteiger partial charge in [0, 0.05) is 18.8 Å². The van der Waals surface area contributed by atoms with Crippen LogP contribution in [0.3, 0.4) is 0 Å². The number of aromatic nitrogens is 1. The van der Waals surface area contributed by atoms with Crippen LogP contribution in [0.25, 0.3) is 0 Å². The lowest BCUT2D eigenvalue weighted by atomic mass is 10.0. The fraction of sp³-hybridized carbons (Fsp3) is 0.647. The molecule has 6 heteroatoms. The third-order valence-corrected chi connectivity index (χ3v) is 4.59. The first-order chi connectivity index (χ1) is 10.9. The van der Waals surface area contributed by atoms with E-state index in [0.29, 0.717) is 55.1 Å². The predicted molar refractivity (Wildman–Crippen MR) is 86.8 cm³/mol. The molecule has 2 N–H and O–H groups in total. The van der Waals surface area contributed by atoms with Crippen molar-refractivity contribution in [2.24, 2.45) is 0 Å². The summed E-state index contributed by atoms with van der Waals surface area (Å²) in [5.41, 5.74) is 2.24. The Bertz CT molecular complexity index is 586. The van der Waals surface area contributed by atoms with E-state index in [9.17, 15) is 14.7 Å². The van der Waals surface area contributed by atoms with E-state index >= 15 is 0 Å². The van der Waals surface area contributed by atoms with Crippen LogP contribution >= 0.6 is 0 Å². The lowest BCUT2D eigenvalue weighted by molar-refractivity contribution is 0.0524. The number of aromatic amines is 1. The lowest BCUT2D eigenvalue weighted by Gasteiger charge is -2.33. The van der Waals surface area contributed by atoms with E-state index in [1.807, 2.05) is 6.92 Å². The minimum Gasteiger partial charge on any atom is -0.462 e. The van der Waals surface area contributed by atoms with Crippen LogP contribution in [0.4, 0.5) is 0 Å². The van der Waals surface area contributed by atoms with E-state index in [1.165, 1.54) is 0 Å². The maximum absolute atomic E-state index is 12.8. The highest BCUT2D eigenvalue weighted by Crippen LogP contribution is 2.22. The summed E-state index contributed by atoms with van der Waals surface area (Å²) in [5.74, 6) is -0.427. The number of hydrogen-bond donors (Lipinski definition) is 2. The molecule has 1 atom stereocenters. The van der Waals surface area contributed by atoms with Crippen molar-refractivity contribution in [3.05, 3.63) is 22.5 Å². The smallest absolute Gasteiger partial charge is 0.340 e. The number of rotatable bonds is 5. The van der Waals surface area contributed by atoms with Gasteiger partial charge in [0.25, 0.3) is 0 Å². The summed E-state index contributed by atoms with van der Waals surface area (Å²) in [7, 11) is 0. The van der Waals surface area contributed by atoms with Gasteiger partial charge >= 0.3 is 5.97 Å². The number of likely N-dealkylation sites (tertiary alicyclic amines) is 1. The highest BCUT2D eigenvalue weighted by atomic mass is 16.5. The molecule has 0 radical (unpaired) electrons. The summed E-state index contributed by atoms with van der Waals surface area (Å²) in [6.07, 6.45) is 1.11. The van der Waals surface area contributed by atoms with Crippen LogP contribution in [0.1, 0.15) is 58.8 Å². The minimum absolute atomic E-state index is 0.0301. The first-order valence-electron chi connectivity index (χ1n) is 8.19. The molecule has 1 saturated heterocycles. The van der Waals surface area contributed by atoms with Gasteiger partial charge in [0.2, 0.25) is 0 Å². The van der Waals surface area contributed by atoms with Gasteiger partial charge in [0.15, 0.2) is 5.78 Å². The van der Waals surface area contributed by atoms with Crippen LogP contribution in [-0.2, 0) is 4.74 Å². The number of nitrogens with zero attached hydrogens (tertiary/aromatic N) is 1. The minimum atomic E-state index is -0.397. The van der Waals surface area contributed by atoms with E-state index in [-0.39, 0.29) is 17.9 Å². The van der Waals surface area contributed by atoms with Crippen molar-refractivity contribution in [3.8, 4) is 0 Å². The molecule has 128 valence electrons. The number of nitrogens with one attached hydrogen (secondary N) is 1. The van der Waals surface area contributed by atoms with Gasteiger partial charge in [-0.15, -0.1) is 0 Å². The van der Waals surface area contributed by atoms with Crippen molar-refractivity contribution in [2.45, 2.75) is 52.7 Å². The number of aliphatic hydroxyl groups excluding tert-OH is 1. The molecule has 0 aliphatic carbocycles. The van der Waals surface area contributed by atoms with Crippen LogP contribution in [0.5, 0.6) is 0 Å². The summed E-state index contributed by atoms with van der Waals surface area (Å²) < 4.78 is 5.06. The van der Waals surface area contributed by atoms with Gasteiger partial charge in [-0.2, -0.15) is 0 Å². The molecule has 1 fully saturated rings. The molecule has 2 rings (SSSR count). The second kappa shape index (κ2) is 7.27. The van der Waals surface area contributed by atoms with Crippen LogP contribution in [0.15, 0.2) is 0 Å². The number of aliphatic hydroxyl groups is 1. The topological polar surface area (TPSA) is 82.6 Å². The molecule has 6 nitrogen and oxygen atoms in total. The number of H-pyrrole nitrogens is 1. The number of carbonyl (C=O) groups is 2. The normalized spacial score (nSPS) is 18.0. The third-order valence-electron chi connectivity index (χ3n) is 4.59. The van der Waals surface area contributed by atoms with E-state index in [0.717, 1.165) is 0 Å². The quantitative estimate of drug-likeness (QED) is 0.638. The van der Waals surface area contributed by atoms with Gasteiger partial charge in [-0.1, -0.05) is 0 Å². The summed E-state index contributed by atoms with van der Waals surface area (Å²) in [6.45, 7) is 8.90. The van der Waals surface area contributed by atoms with E-state index in [2.05, 4.69) is 9.88 Å². The Hall–Kier alpha value is -1.66. The Morgan fingerprint density at radius 2 is 1.96 bits per heavy atom. The van der Waals surface area contributed by atoms with Crippen molar-refractivity contribution in [2.75, 3.05) is 19.7 Å². The van der Waals surface area contributed by atoms with Crippen LogP contribution < -0.4 is 0 Å². The Labute approximate surface area is 136 Å². The van der Waals surface area contributed by atoms with Crippen molar-refractivity contribution in [1.29, 1.82) is 0 Å². The SMILES string of the molecule is CCOC(=O)c1c(C)[nH]c(C(=O)[C@H](C)N2CCC(O)CC2)c1C. The molecule has 1 aliphatic rings. The average Bonchev–Trinajstić information content (AvgIpc) is 2.81. The van der Waals surface area contributed by atoms with Gasteiger partial charge in [-0.25, -0.2) is 4.79 Å². The molecule has 0 aromatic carbocycles. The monoisotopic (exact) mass is 322 g/mol. The van der Waals surface area contributed by atoms with Crippen molar-refractivity contribution >= 4 is 11.8 Å². The van der Waals surface area contributed by atoms with E-state index < -0.39 is 5.97 Å². The van der Waals surface area contributed by atoms with Crippen molar-refractivity contribution in [3.63, 3.8) is 0 Å². The van der Waals surface area contributed by atoms with Gasteiger partial charge in [-0.05, 0) is 46.1 Å². The largest absolute Gasteiger partial charge is 0.462 e. The highest BCUT2D eigenvalue weighted by Gasteiger charge is 2.30. The fourth-order valence-electron chi connectivity index (χ4n) is 3.15. The number of carbonyl (C=O) groups excluding carboxylic acids is 2. The van der Waals surface area contributed by atoms with Gasteiger partial charge in [0.1, 0.15) is 0 Å². The molecular formula is C17H26N2O4. The number of piperidine rings is 1.